The fourth-order valence-corrected chi connectivity index (χ4v) is 4.39. The number of urea groups is 1. The predicted molar refractivity (Wildman–Crippen MR) is 138 cm³/mol. The fraction of sp³-hybridized carbons (Fsp3) is 0.320. The third-order valence-corrected chi connectivity index (χ3v) is 6.30. The van der Waals surface area contributed by atoms with Gasteiger partial charge in [-0.15, -0.1) is 11.6 Å². The van der Waals surface area contributed by atoms with Crippen molar-refractivity contribution < 1.29 is 14.0 Å². The number of benzene rings is 2. The zero-order valence-electron chi connectivity index (χ0n) is 20.1. The number of hydrazine groups is 1. The van der Waals surface area contributed by atoms with E-state index < -0.39 is 17.8 Å². The summed E-state index contributed by atoms with van der Waals surface area (Å²) in [5, 5.41) is 3.22. The lowest BCUT2D eigenvalue weighted by atomic mass is 10.2. The van der Waals surface area contributed by atoms with Gasteiger partial charge < -0.3 is 9.47 Å². The van der Waals surface area contributed by atoms with Crippen molar-refractivity contribution in [3.8, 4) is 5.69 Å². The zero-order chi connectivity index (χ0) is 25.8. The molecule has 0 N–H and O–H groups in total. The van der Waals surface area contributed by atoms with E-state index >= 15 is 4.39 Å². The summed E-state index contributed by atoms with van der Waals surface area (Å²) < 4.78 is 17.2. The number of nitrogens with zero attached hydrogens (tertiary/aromatic N) is 6. The Balaban J connectivity index is 1.58. The Labute approximate surface area is 219 Å². The van der Waals surface area contributed by atoms with Crippen LogP contribution in [-0.2, 0) is 17.9 Å². The highest BCUT2D eigenvalue weighted by molar-refractivity contribution is 6.30. The predicted octanol–water partition coefficient (Wildman–Crippen LogP) is 4.54. The molecule has 1 aromatic heterocycles. The van der Waals surface area contributed by atoms with Crippen molar-refractivity contribution in [1.29, 1.82) is 0 Å². The molecule has 0 unspecified atom stereocenters. The van der Waals surface area contributed by atoms with Gasteiger partial charge in [0.05, 0.1) is 18.8 Å². The largest absolute Gasteiger partial charge is 0.343 e. The third-order valence-electron chi connectivity index (χ3n) is 5.82. The number of hydrogen-bond acceptors (Lipinski definition) is 4. The van der Waals surface area contributed by atoms with E-state index in [4.69, 9.17) is 23.2 Å². The molecule has 36 heavy (non-hydrogen) atoms. The van der Waals surface area contributed by atoms with Crippen LogP contribution in [0.4, 0.5) is 14.9 Å². The van der Waals surface area contributed by atoms with Crippen LogP contribution in [0.15, 0.2) is 54.9 Å². The van der Waals surface area contributed by atoms with Gasteiger partial charge in [0.25, 0.3) is 5.91 Å². The molecule has 0 bridgehead atoms. The molecule has 0 spiro atoms. The molecule has 190 valence electrons. The smallest absolute Gasteiger partial charge is 0.303 e. The van der Waals surface area contributed by atoms with Gasteiger partial charge in [0.2, 0.25) is 0 Å². The Bertz CT molecular complexity index is 1230. The first kappa shape index (κ1) is 25.9. The molecule has 1 saturated heterocycles. The maximum Gasteiger partial charge on any atom is 0.343 e. The second kappa shape index (κ2) is 11.3. The van der Waals surface area contributed by atoms with Crippen LogP contribution >= 0.6 is 23.2 Å². The van der Waals surface area contributed by atoms with Crippen molar-refractivity contribution in [2.45, 2.75) is 19.5 Å². The summed E-state index contributed by atoms with van der Waals surface area (Å²) >= 11 is 11.8. The molecule has 11 heteroatoms. The van der Waals surface area contributed by atoms with Crippen LogP contribution < -0.4 is 4.90 Å². The van der Waals surface area contributed by atoms with Crippen LogP contribution in [0.3, 0.4) is 0 Å². The molecule has 2 aromatic carbocycles. The van der Waals surface area contributed by atoms with E-state index in [2.05, 4.69) is 4.98 Å². The highest BCUT2D eigenvalue weighted by Gasteiger charge is 2.34. The van der Waals surface area contributed by atoms with E-state index in [9.17, 15) is 9.59 Å². The maximum absolute atomic E-state index is 15.4. The van der Waals surface area contributed by atoms with Crippen LogP contribution in [0.25, 0.3) is 5.69 Å². The van der Waals surface area contributed by atoms with Crippen LogP contribution in [0.2, 0.25) is 5.02 Å². The van der Waals surface area contributed by atoms with Gasteiger partial charge in [0.15, 0.2) is 0 Å². The van der Waals surface area contributed by atoms with E-state index in [-0.39, 0.29) is 18.1 Å². The van der Waals surface area contributed by atoms with Crippen LogP contribution in [0.5, 0.6) is 0 Å². The molecule has 0 atom stereocenters. The highest BCUT2D eigenvalue weighted by atomic mass is 35.5. The average Bonchev–Trinajstić information content (AvgIpc) is 3.31. The minimum atomic E-state index is -0.542. The third kappa shape index (κ3) is 5.64. The quantitative estimate of drug-likeness (QED) is 0.399. The first-order valence-corrected chi connectivity index (χ1v) is 12.4. The lowest BCUT2D eigenvalue weighted by molar-refractivity contribution is -0.143. The number of imidazole rings is 1. The van der Waals surface area contributed by atoms with Crippen LogP contribution in [0, 0.1) is 5.82 Å². The number of aromatic nitrogens is 2. The second-order valence-corrected chi connectivity index (χ2v) is 9.41. The summed E-state index contributed by atoms with van der Waals surface area (Å²) in [6, 6.07) is 11.2. The number of carbonyl (C=O) groups is 2. The summed E-state index contributed by atoms with van der Waals surface area (Å²) in [6.07, 6.45) is 3.99. The van der Waals surface area contributed by atoms with E-state index in [1.54, 1.807) is 48.8 Å². The topological polar surface area (TPSA) is 64.9 Å². The monoisotopic (exact) mass is 532 g/mol. The first-order chi connectivity index (χ1) is 17.3. The Morgan fingerprint density at radius 1 is 1.11 bits per heavy atom. The number of carbonyl (C=O) groups excluding carboxylic acids is 2. The number of anilines is 1. The van der Waals surface area contributed by atoms with Crippen molar-refractivity contribution >= 4 is 40.8 Å². The van der Waals surface area contributed by atoms with Crippen molar-refractivity contribution in [1.82, 2.24) is 24.5 Å². The standard InChI is InChI=1S/C25H27Cl2FN6O2/c1-30(2)17-23-29-10-13-31(23)20-8-9-22(21(28)14-20)32-11-3-12-33(25(32)36)34(24(35)15-26)16-18-4-6-19(27)7-5-18/h4-10,13-14H,3,11-12,15-17H2,1-2H3. The normalized spacial score (nSPS) is 14.0. The number of halogens is 3. The van der Waals surface area contributed by atoms with E-state index in [0.717, 1.165) is 11.4 Å². The summed E-state index contributed by atoms with van der Waals surface area (Å²) in [5.74, 6) is -0.489. The molecule has 1 fully saturated rings. The molecular weight excluding hydrogens is 506 g/mol. The molecule has 1 aliphatic heterocycles. The summed E-state index contributed by atoms with van der Waals surface area (Å²) in [5.41, 5.74) is 1.54. The van der Waals surface area contributed by atoms with Gasteiger partial charge in [-0.1, -0.05) is 23.7 Å². The van der Waals surface area contributed by atoms with Gasteiger partial charge in [-0.2, -0.15) is 0 Å². The second-order valence-electron chi connectivity index (χ2n) is 8.71. The Kier molecular flexibility index (Phi) is 8.13. The average molecular weight is 533 g/mol. The minimum Gasteiger partial charge on any atom is -0.303 e. The van der Waals surface area contributed by atoms with Crippen molar-refractivity contribution in [2.24, 2.45) is 0 Å². The Morgan fingerprint density at radius 2 is 1.86 bits per heavy atom. The summed E-state index contributed by atoms with van der Waals surface area (Å²) in [6.45, 7) is 1.37. The fourth-order valence-electron chi connectivity index (χ4n) is 4.13. The molecule has 0 radical (unpaired) electrons. The van der Waals surface area contributed by atoms with Gasteiger partial charge in [-0.3, -0.25) is 9.69 Å². The Morgan fingerprint density at radius 3 is 2.53 bits per heavy atom. The van der Waals surface area contributed by atoms with Gasteiger partial charge in [-0.05, 0) is 50.3 Å². The molecule has 3 amide bonds. The molecule has 0 aliphatic carbocycles. The lowest BCUT2D eigenvalue weighted by Gasteiger charge is -2.41. The molecule has 0 saturated carbocycles. The first-order valence-electron chi connectivity index (χ1n) is 11.4. The van der Waals surface area contributed by atoms with E-state index in [1.165, 1.54) is 21.0 Å². The molecule has 1 aliphatic rings. The van der Waals surface area contributed by atoms with Gasteiger partial charge in [0, 0.05) is 42.3 Å². The zero-order valence-corrected chi connectivity index (χ0v) is 21.6. The van der Waals surface area contributed by atoms with Crippen LogP contribution in [0.1, 0.15) is 17.8 Å². The number of hydrogen-bond donors (Lipinski definition) is 0. The SMILES string of the molecule is CN(C)Cc1nccn1-c1ccc(N2CCCN(N(Cc3ccc(Cl)cc3)C(=O)CCl)C2=O)c(F)c1. The van der Waals surface area contributed by atoms with E-state index in [0.29, 0.717) is 36.8 Å². The molecule has 8 nitrogen and oxygen atoms in total. The van der Waals surface area contributed by atoms with Crippen LogP contribution in [-0.4, -0.2) is 69.5 Å². The molecular formula is C25H27Cl2FN6O2. The summed E-state index contributed by atoms with van der Waals surface area (Å²) in [7, 11) is 3.86. The summed E-state index contributed by atoms with van der Waals surface area (Å²) in [4.78, 5) is 33.9. The number of alkyl halides is 1. The maximum atomic E-state index is 15.4. The minimum absolute atomic E-state index is 0.138. The van der Waals surface area contributed by atoms with Gasteiger partial charge in [0.1, 0.15) is 17.5 Å². The number of rotatable bonds is 8. The highest BCUT2D eigenvalue weighted by Crippen LogP contribution is 2.27. The van der Waals surface area contributed by atoms with Gasteiger partial charge in [-0.25, -0.2) is 24.2 Å². The number of amides is 3. The van der Waals surface area contributed by atoms with Crippen molar-refractivity contribution in [2.75, 3.05) is 38.0 Å². The molecule has 3 aromatic rings. The van der Waals surface area contributed by atoms with Crippen molar-refractivity contribution in [3.05, 3.63) is 77.1 Å². The molecule has 2 heterocycles. The lowest BCUT2D eigenvalue weighted by Crippen LogP contribution is -2.58. The Hall–Kier alpha value is -3.14. The van der Waals surface area contributed by atoms with Gasteiger partial charge >= 0.3 is 6.03 Å². The molecule has 4 rings (SSSR count). The van der Waals surface area contributed by atoms with Crippen molar-refractivity contribution in [3.63, 3.8) is 0 Å². The van der Waals surface area contributed by atoms with E-state index in [1.807, 2.05) is 23.6 Å².